The van der Waals surface area contributed by atoms with Gasteiger partial charge in [-0.25, -0.2) is 4.79 Å². The highest BCUT2D eigenvalue weighted by atomic mass is 16.5. The maximum atomic E-state index is 11.5. The predicted molar refractivity (Wildman–Crippen MR) is 69.6 cm³/mol. The third-order valence-electron chi connectivity index (χ3n) is 2.02. The lowest BCUT2D eigenvalue weighted by atomic mass is 10.2. The van der Waals surface area contributed by atoms with Crippen molar-refractivity contribution in [2.24, 2.45) is 5.92 Å². The number of carbonyl (C=O) groups is 2. The molecule has 0 aliphatic rings. The molecular formula is C13H18N2O3. The largest absolute Gasteiger partial charge is 0.427 e. The van der Waals surface area contributed by atoms with E-state index < -0.39 is 5.97 Å². The summed E-state index contributed by atoms with van der Waals surface area (Å²) in [4.78, 5) is 22.3. The van der Waals surface area contributed by atoms with Crippen molar-refractivity contribution in [2.75, 3.05) is 11.9 Å². The standard InChI is InChI=1S/C13H18N2O3/c1-9(2)8-14-13(17)15-11-5-4-6-12(7-11)18-10(3)16/h4-7,9H,8H2,1-3H3,(H2,14,15,17). The fourth-order valence-electron chi connectivity index (χ4n) is 1.28. The third-order valence-corrected chi connectivity index (χ3v) is 2.02. The highest BCUT2D eigenvalue weighted by Gasteiger charge is 2.04. The number of hydrogen-bond acceptors (Lipinski definition) is 3. The number of amides is 2. The van der Waals surface area contributed by atoms with E-state index in [1.54, 1.807) is 24.3 Å². The van der Waals surface area contributed by atoms with E-state index in [4.69, 9.17) is 4.74 Å². The Balaban J connectivity index is 2.56. The van der Waals surface area contributed by atoms with Crippen molar-refractivity contribution in [3.05, 3.63) is 24.3 Å². The van der Waals surface area contributed by atoms with E-state index in [0.717, 1.165) is 0 Å². The van der Waals surface area contributed by atoms with E-state index >= 15 is 0 Å². The first kappa shape index (κ1) is 14.0. The molecule has 2 amide bonds. The quantitative estimate of drug-likeness (QED) is 0.637. The molecule has 98 valence electrons. The van der Waals surface area contributed by atoms with Crippen molar-refractivity contribution in [3.8, 4) is 5.75 Å². The number of esters is 1. The van der Waals surface area contributed by atoms with Crippen LogP contribution in [0.2, 0.25) is 0 Å². The first-order valence-electron chi connectivity index (χ1n) is 5.80. The second-order valence-electron chi connectivity index (χ2n) is 4.35. The minimum absolute atomic E-state index is 0.274. The fourth-order valence-corrected chi connectivity index (χ4v) is 1.28. The molecule has 2 N–H and O–H groups in total. The summed E-state index contributed by atoms with van der Waals surface area (Å²) in [5.74, 6) is 0.406. The van der Waals surface area contributed by atoms with Gasteiger partial charge in [0.05, 0.1) is 0 Å². The number of nitrogens with one attached hydrogen (secondary N) is 2. The Kier molecular flexibility index (Phi) is 5.17. The third kappa shape index (κ3) is 5.34. The second-order valence-corrected chi connectivity index (χ2v) is 4.35. The molecule has 0 unspecified atom stereocenters. The molecule has 1 aromatic rings. The molecule has 0 heterocycles. The van der Waals surface area contributed by atoms with Gasteiger partial charge in [-0.15, -0.1) is 0 Å². The molecule has 18 heavy (non-hydrogen) atoms. The molecule has 0 aliphatic heterocycles. The van der Waals surface area contributed by atoms with Gasteiger partial charge in [-0.1, -0.05) is 19.9 Å². The van der Waals surface area contributed by atoms with Crippen LogP contribution >= 0.6 is 0 Å². The normalized spacial score (nSPS) is 10.0. The van der Waals surface area contributed by atoms with E-state index in [2.05, 4.69) is 10.6 Å². The summed E-state index contributed by atoms with van der Waals surface area (Å²) >= 11 is 0. The molecule has 1 aromatic carbocycles. The van der Waals surface area contributed by atoms with Gasteiger partial charge in [-0.3, -0.25) is 4.79 Å². The summed E-state index contributed by atoms with van der Waals surface area (Å²) in [5, 5.41) is 5.40. The topological polar surface area (TPSA) is 67.4 Å². The lowest BCUT2D eigenvalue weighted by molar-refractivity contribution is -0.131. The van der Waals surface area contributed by atoms with Crippen LogP contribution in [0.15, 0.2) is 24.3 Å². The van der Waals surface area contributed by atoms with Crippen LogP contribution in [0.1, 0.15) is 20.8 Å². The lowest BCUT2D eigenvalue weighted by Crippen LogP contribution is -2.31. The van der Waals surface area contributed by atoms with E-state index in [1.165, 1.54) is 6.92 Å². The minimum atomic E-state index is -0.392. The van der Waals surface area contributed by atoms with Gasteiger partial charge in [0.2, 0.25) is 0 Å². The van der Waals surface area contributed by atoms with Crippen LogP contribution < -0.4 is 15.4 Å². The number of hydrogen-bond donors (Lipinski definition) is 2. The molecule has 5 nitrogen and oxygen atoms in total. The zero-order chi connectivity index (χ0) is 13.5. The van der Waals surface area contributed by atoms with Crippen molar-refractivity contribution in [1.82, 2.24) is 5.32 Å². The first-order chi connectivity index (χ1) is 8.47. The summed E-state index contributed by atoms with van der Waals surface area (Å²) < 4.78 is 4.92. The van der Waals surface area contributed by atoms with Gasteiger partial charge >= 0.3 is 12.0 Å². The zero-order valence-electron chi connectivity index (χ0n) is 10.8. The van der Waals surface area contributed by atoms with Crippen LogP contribution in [0, 0.1) is 5.92 Å². The highest BCUT2D eigenvalue weighted by Crippen LogP contribution is 2.17. The summed E-state index contributed by atoms with van der Waals surface area (Å²) in [6.07, 6.45) is 0. The van der Waals surface area contributed by atoms with Crippen LogP contribution in [-0.2, 0) is 4.79 Å². The summed E-state index contributed by atoms with van der Waals surface area (Å²) in [7, 11) is 0. The van der Waals surface area contributed by atoms with Crippen molar-refractivity contribution in [1.29, 1.82) is 0 Å². The van der Waals surface area contributed by atoms with Crippen molar-refractivity contribution < 1.29 is 14.3 Å². The van der Waals surface area contributed by atoms with Gasteiger partial charge in [0.15, 0.2) is 0 Å². The average Bonchev–Trinajstić information content (AvgIpc) is 2.26. The van der Waals surface area contributed by atoms with Gasteiger partial charge < -0.3 is 15.4 Å². The SMILES string of the molecule is CC(=O)Oc1cccc(NC(=O)NCC(C)C)c1. The second kappa shape index (κ2) is 6.64. The Labute approximate surface area is 107 Å². The highest BCUT2D eigenvalue weighted by molar-refractivity contribution is 5.89. The number of urea groups is 1. The van der Waals surface area contributed by atoms with Crippen LogP contribution in [0.3, 0.4) is 0 Å². The van der Waals surface area contributed by atoms with Crippen LogP contribution in [0.25, 0.3) is 0 Å². The van der Waals surface area contributed by atoms with Crippen LogP contribution in [0.5, 0.6) is 5.75 Å². The Morgan fingerprint density at radius 2 is 2.06 bits per heavy atom. The number of ether oxygens (including phenoxy) is 1. The molecule has 0 bridgehead atoms. The predicted octanol–water partition coefficient (Wildman–Crippen LogP) is 2.39. The molecule has 1 rings (SSSR count). The maximum Gasteiger partial charge on any atom is 0.319 e. The van der Waals surface area contributed by atoms with Crippen LogP contribution in [0.4, 0.5) is 10.5 Å². The maximum absolute atomic E-state index is 11.5. The summed E-state index contributed by atoms with van der Waals surface area (Å²) in [6, 6.07) is 6.40. The molecule has 0 saturated carbocycles. The molecule has 0 fully saturated rings. The molecule has 0 spiro atoms. The van der Waals surface area contributed by atoms with Crippen LogP contribution in [-0.4, -0.2) is 18.5 Å². The molecule has 5 heteroatoms. The molecule has 0 saturated heterocycles. The number of carbonyl (C=O) groups excluding carboxylic acids is 2. The summed E-state index contributed by atoms with van der Waals surface area (Å²) in [6.45, 7) is 5.97. The van der Waals surface area contributed by atoms with Gasteiger partial charge in [0.1, 0.15) is 5.75 Å². The Bertz CT molecular complexity index is 430. The Morgan fingerprint density at radius 1 is 1.33 bits per heavy atom. The Morgan fingerprint density at radius 3 is 2.67 bits per heavy atom. The van der Waals surface area contributed by atoms with E-state index in [9.17, 15) is 9.59 Å². The fraction of sp³-hybridized carbons (Fsp3) is 0.385. The van der Waals surface area contributed by atoms with Gasteiger partial charge in [-0.05, 0) is 18.1 Å². The molecular weight excluding hydrogens is 232 g/mol. The Hall–Kier alpha value is -2.04. The smallest absolute Gasteiger partial charge is 0.319 e. The molecule has 0 aromatic heterocycles. The summed E-state index contributed by atoms with van der Waals surface area (Å²) in [5.41, 5.74) is 0.579. The zero-order valence-corrected chi connectivity index (χ0v) is 10.8. The van der Waals surface area contributed by atoms with E-state index in [1.807, 2.05) is 13.8 Å². The number of benzene rings is 1. The number of anilines is 1. The van der Waals surface area contributed by atoms with Crippen molar-refractivity contribution in [2.45, 2.75) is 20.8 Å². The van der Waals surface area contributed by atoms with Gasteiger partial charge in [0, 0.05) is 25.2 Å². The lowest BCUT2D eigenvalue weighted by Gasteiger charge is -2.10. The average molecular weight is 250 g/mol. The monoisotopic (exact) mass is 250 g/mol. The number of rotatable bonds is 4. The van der Waals surface area contributed by atoms with Crippen molar-refractivity contribution >= 4 is 17.7 Å². The minimum Gasteiger partial charge on any atom is -0.427 e. The molecule has 0 atom stereocenters. The van der Waals surface area contributed by atoms with E-state index in [-0.39, 0.29) is 6.03 Å². The van der Waals surface area contributed by atoms with E-state index in [0.29, 0.717) is 23.9 Å². The first-order valence-corrected chi connectivity index (χ1v) is 5.80. The van der Waals surface area contributed by atoms with Crippen molar-refractivity contribution in [3.63, 3.8) is 0 Å². The molecule has 0 radical (unpaired) electrons. The van der Waals surface area contributed by atoms with Gasteiger partial charge in [0.25, 0.3) is 0 Å². The molecule has 0 aliphatic carbocycles. The van der Waals surface area contributed by atoms with Gasteiger partial charge in [-0.2, -0.15) is 0 Å².